The Hall–Kier alpha value is -1.77. The number of hydrogen-bond acceptors (Lipinski definition) is 6. The predicted molar refractivity (Wildman–Crippen MR) is 77.0 cm³/mol. The van der Waals surface area contributed by atoms with Gasteiger partial charge in [0.05, 0.1) is 4.90 Å². The van der Waals surface area contributed by atoms with Crippen molar-refractivity contribution in [2.24, 2.45) is 0 Å². The Balaban J connectivity index is 2.04. The number of nitrogens with one attached hydrogen (secondary N) is 2. The molecule has 114 valence electrons. The van der Waals surface area contributed by atoms with Crippen molar-refractivity contribution in [2.45, 2.75) is 24.8 Å². The van der Waals surface area contributed by atoms with E-state index in [1.165, 1.54) is 6.33 Å². The van der Waals surface area contributed by atoms with Gasteiger partial charge in [-0.25, -0.2) is 13.1 Å². The quantitative estimate of drug-likeness (QED) is 0.745. The highest BCUT2D eigenvalue weighted by molar-refractivity contribution is 7.89. The van der Waals surface area contributed by atoms with Gasteiger partial charge in [0.1, 0.15) is 0 Å². The number of hydrogen-bond donors (Lipinski definition) is 2. The smallest absolute Gasteiger partial charge is 0.240 e. The molecular weight excluding hydrogens is 292 g/mol. The Morgan fingerprint density at radius 2 is 2.10 bits per heavy atom. The van der Waals surface area contributed by atoms with Crippen molar-refractivity contribution in [3.05, 3.63) is 42.0 Å². The monoisotopic (exact) mass is 310 g/mol. The average Bonchev–Trinajstić information content (AvgIpc) is 2.98. The molecule has 8 heteroatoms. The van der Waals surface area contributed by atoms with E-state index in [0.717, 1.165) is 12.1 Å². The molecule has 0 radical (unpaired) electrons. The average molecular weight is 310 g/mol. The fourth-order valence-electron chi connectivity index (χ4n) is 1.85. The van der Waals surface area contributed by atoms with Crippen molar-refractivity contribution in [1.29, 1.82) is 0 Å². The highest BCUT2D eigenvalue weighted by Gasteiger charge is 2.17. The molecular formula is C13H18N4O3S. The van der Waals surface area contributed by atoms with Gasteiger partial charge in [0, 0.05) is 19.5 Å². The molecule has 0 aliphatic rings. The SMILES string of the molecule is CCNCc1ccccc1S(=O)(=O)NCCc1ncno1. The number of benzene rings is 1. The zero-order valence-corrected chi connectivity index (χ0v) is 12.6. The van der Waals surface area contributed by atoms with Crippen LogP contribution in [0.15, 0.2) is 40.0 Å². The summed E-state index contributed by atoms with van der Waals surface area (Å²) in [5.41, 5.74) is 0.740. The first-order valence-corrected chi connectivity index (χ1v) is 8.15. The topological polar surface area (TPSA) is 97.1 Å². The van der Waals surface area contributed by atoms with Gasteiger partial charge >= 0.3 is 0 Å². The Morgan fingerprint density at radius 3 is 2.81 bits per heavy atom. The van der Waals surface area contributed by atoms with Gasteiger partial charge in [-0.1, -0.05) is 30.3 Å². The van der Waals surface area contributed by atoms with Gasteiger partial charge < -0.3 is 9.84 Å². The summed E-state index contributed by atoms with van der Waals surface area (Å²) in [4.78, 5) is 4.13. The second-order valence-electron chi connectivity index (χ2n) is 4.37. The van der Waals surface area contributed by atoms with E-state index in [4.69, 9.17) is 4.52 Å². The normalized spacial score (nSPS) is 11.7. The van der Waals surface area contributed by atoms with Crippen LogP contribution < -0.4 is 10.0 Å². The third kappa shape index (κ3) is 4.35. The lowest BCUT2D eigenvalue weighted by molar-refractivity contribution is 0.377. The minimum atomic E-state index is -3.55. The lowest BCUT2D eigenvalue weighted by Crippen LogP contribution is -2.27. The minimum Gasteiger partial charge on any atom is -0.340 e. The lowest BCUT2D eigenvalue weighted by atomic mass is 10.2. The van der Waals surface area contributed by atoms with Crippen LogP contribution in [-0.4, -0.2) is 31.6 Å². The van der Waals surface area contributed by atoms with Gasteiger partial charge in [-0.05, 0) is 18.2 Å². The fourth-order valence-corrected chi connectivity index (χ4v) is 3.12. The molecule has 0 atom stereocenters. The van der Waals surface area contributed by atoms with E-state index in [9.17, 15) is 8.42 Å². The van der Waals surface area contributed by atoms with E-state index in [1.807, 2.05) is 13.0 Å². The van der Waals surface area contributed by atoms with Gasteiger partial charge in [-0.15, -0.1) is 0 Å². The van der Waals surface area contributed by atoms with E-state index < -0.39 is 10.0 Å². The molecule has 0 saturated carbocycles. The van der Waals surface area contributed by atoms with Crippen LogP contribution in [0.2, 0.25) is 0 Å². The number of aromatic nitrogens is 2. The van der Waals surface area contributed by atoms with Crippen molar-refractivity contribution in [3.8, 4) is 0 Å². The maximum Gasteiger partial charge on any atom is 0.240 e. The van der Waals surface area contributed by atoms with Crippen LogP contribution >= 0.6 is 0 Å². The molecule has 0 saturated heterocycles. The van der Waals surface area contributed by atoms with Gasteiger partial charge in [-0.3, -0.25) is 0 Å². The van der Waals surface area contributed by atoms with Crippen LogP contribution in [-0.2, 0) is 23.0 Å². The summed E-state index contributed by atoms with van der Waals surface area (Å²) < 4.78 is 32.1. The standard InChI is InChI=1S/C13H18N4O3S/c1-2-14-9-11-5-3-4-6-12(11)21(18,19)17-8-7-13-15-10-16-20-13/h3-6,10,14,17H,2,7-9H2,1H3. The van der Waals surface area contributed by atoms with Crippen LogP contribution in [0.25, 0.3) is 0 Å². The second-order valence-corrected chi connectivity index (χ2v) is 6.11. The summed E-state index contributed by atoms with van der Waals surface area (Å²) in [5.74, 6) is 0.402. The molecule has 0 aliphatic heterocycles. The van der Waals surface area contributed by atoms with Crippen LogP contribution in [0.4, 0.5) is 0 Å². The number of sulfonamides is 1. The molecule has 2 rings (SSSR count). The summed E-state index contributed by atoms with van der Waals surface area (Å²) in [6, 6.07) is 6.93. The summed E-state index contributed by atoms with van der Waals surface area (Å²) in [5, 5.41) is 6.60. The largest absolute Gasteiger partial charge is 0.340 e. The highest BCUT2D eigenvalue weighted by atomic mass is 32.2. The Bertz CT molecular complexity index is 656. The first-order valence-electron chi connectivity index (χ1n) is 6.67. The summed E-state index contributed by atoms with van der Waals surface area (Å²) >= 11 is 0. The van der Waals surface area contributed by atoms with Gasteiger partial charge in [0.15, 0.2) is 6.33 Å². The van der Waals surface area contributed by atoms with Crippen LogP contribution in [0, 0.1) is 0 Å². The summed E-state index contributed by atoms with van der Waals surface area (Å²) in [6.45, 7) is 3.47. The van der Waals surface area contributed by atoms with Crippen LogP contribution in [0.1, 0.15) is 18.4 Å². The van der Waals surface area contributed by atoms with Crippen molar-refractivity contribution in [2.75, 3.05) is 13.1 Å². The molecule has 2 aromatic rings. The van der Waals surface area contributed by atoms with Crippen molar-refractivity contribution in [1.82, 2.24) is 20.2 Å². The number of rotatable bonds is 8. The Labute approximate surface area is 123 Å². The maximum absolute atomic E-state index is 12.3. The molecule has 1 aromatic heterocycles. The molecule has 0 aliphatic carbocycles. The second kappa shape index (κ2) is 7.30. The molecule has 7 nitrogen and oxygen atoms in total. The van der Waals surface area contributed by atoms with Gasteiger partial charge in [0.25, 0.3) is 0 Å². The molecule has 1 aromatic carbocycles. The minimum absolute atomic E-state index is 0.208. The number of nitrogens with zero attached hydrogens (tertiary/aromatic N) is 2. The van der Waals surface area contributed by atoms with E-state index in [-0.39, 0.29) is 11.4 Å². The summed E-state index contributed by atoms with van der Waals surface area (Å²) in [7, 11) is -3.55. The third-order valence-corrected chi connectivity index (χ3v) is 4.43. The van der Waals surface area contributed by atoms with E-state index >= 15 is 0 Å². The zero-order chi connectivity index (χ0) is 15.1. The molecule has 0 bridgehead atoms. The van der Waals surface area contributed by atoms with Crippen molar-refractivity contribution < 1.29 is 12.9 Å². The highest BCUT2D eigenvalue weighted by Crippen LogP contribution is 2.15. The molecule has 21 heavy (non-hydrogen) atoms. The maximum atomic E-state index is 12.3. The molecule has 0 amide bonds. The van der Waals surface area contributed by atoms with E-state index in [1.54, 1.807) is 18.2 Å². The molecule has 2 N–H and O–H groups in total. The zero-order valence-electron chi connectivity index (χ0n) is 11.7. The Morgan fingerprint density at radius 1 is 1.29 bits per heavy atom. The van der Waals surface area contributed by atoms with Crippen LogP contribution in [0.5, 0.6) is 0 Å². The first-order chi connectivity index (χ1) is 10.1. The third-order valence-electron chi connectivity index (χ3n) is 2.87. The molecule has 1 heterocycles. The van der Waals surface area contributed by atoms with Crippen molar-refractivity contribution in [3.63, 3.8) is 0 Å². The first kappa shape index (κ1) is 15.6. The molecule has 0 spiro atoms. The Kier molecular flexibility index (Phi) is 5.43. The lowest BCUT2D eigenvalue weighted by Gasteiger charge is -2.11. The van der Waals surface area contributed by atoms with Gasteiger partial charge in [-0.2, -0.15) is 4.98 Å². The summed E-state index contributed by atoms with van der Waals surface area (Å²) in [6.07, 6.45) is 1.64. The van der Waals surface area contributed by atoms with Crippen LogP contribution in [0.3, 0.4) is 0 Å². The molecule has 0 unspecified atom stereocenters. The van der Waals surface area contributed by atoms with E-state index in [2.05, 4.69) is 20.2 Å². The predicted octanol–water partition coefficient (Wildman–Crippen LogP) is 0.700. The van der Waals surface area contributed by atoms with Gasteiger partial charge in [0.2, 0.25) is 15.9 Å². The van der Waals surface area contributed by atoms with Crippen molar-refractivity contribution >= 4 is 10.0 Å². The molecule has 0 fully saturated rings. The fraction of sp³-hybridized carbons (Fsp3) is 0.385. The van der Waals surface area contributed by atoms with E-state index in [0.29, 0.717) is 18.9 Å².